The first kappa shape index (κ1) is 10.4. The molecule has 1 aliphatic rings. The molecule has 1 unspecified atom stereocenters. The number of anilines is 1. The second-order valence-corrected chi connectivity index (χ2v) is 4.29. The van der Waals surface area contributed by atoms with Crippen molar-refractivity contribution in [3.05, 3.63) is 22.8 Å². The quantitative estimate of drug-likeness (QED) is 0.779. The van der Waals surface area contributed by atoms with E-state index in [0.717, 1.165) is 17.0 Å². The van der Waals surface area contributed by atoms with E-state index in [9.17, 15) is 4.79 Å². The molecule has 0 aromatic carbocycles. The minimum atomic E-state index is -0.152. The molecule has 1 saturated heterocycles. The van der Waals surface area contributed by atoms with Gasteiger partial charge < -0.3 is 10.2 Å². The number of carbonyl (C=O) groups is 1. The molecule has 1 aliphatic heterocycles. The van der Waals surface area contributed by atoms with Crippen molar-refractivity contribution in [2.45, 2.75) is 13.0 Å². The molecule has 80 valence electrons. The molecule has 4 nitrogen and oxygen atoms in total. The van der Waals surface area contributed by atoms with Crippen molar-refractivity contribution in [3.8, 4) is 0 Å². The first-order valence-electron chi connectivity index (χ1n) is 4.85. The SMILES string of the molecule is CC1C(=O)NCCN1c1cccc(Br)n1. The van der Waals surface area contributed by atoms with Crippen molar-refractivity contribution in [1.29, 1.82) is 0 Å². The zero-order chi connectivity index (χ0) is 10.8. The molecule has 1 aromatic heterocycles. The van der Waals surface area contributed by atoms with Gasteiger partial charge in [0.1, 0.15) is 16.5 Å². The molecule has 0 radical (unpaired) electrons. The second-order valence-electron chi connectivity index (χ2n) is 3.48. The summed E-state index contributed by atoms with van der Waals surface area (Å²) in [6.07, 6.45) is 0. The number of amides is 1. The first-order chi connectivity index (χ1) is 7.18. The zero-order valence-electron chi connectivity index (χ0n) is 8.40. The number of carbonyl (C=O) groups excluding carboxylic acids is 1. The minimum Gasteiger partial charge on any atom is -0.353 e. The lowest BCUT2D eigenvalue weighted by Gasteiger charge is -2.33. The lowest BCUT2D eigenvalue weighted by atomic mass is 10.2. The van der Waals surface area contributed by atoms with Gasteiger partial charge in [-0.25, -0.2) is 4.98 Å². The summed E-state index contributed by atoms with van der Waals surface area (Å²) >= 11 is 3.33. The topological polar surface area (TPSA) is 45.2 Å². The smallest absolute Gasteiger partial charge is 0.242 e. The van der Waals surface area contributed by atoms with Crippen molar-refractivity contribution >= 4 is 27.7 Å². The summed E-state index contributed by atoms with van der Waals surface area (Å²) < 4.78 is 0.790. The van der Waals surface area contributed by atoms with Crippen LogP contribution in [-0.2, 0) is 4.79 Å². The number of pyridine rings is 1. The average Bonchev–Trinajstić information content (AvgIpc) is 2.22. The van der Waals surface area contributed by atoms with E-state index in [1.165, 1.54) is 0 Å². The van der Waals surface area contributed by atoms with Gasteiger partial charge >= 0.3 is 0 Å². The summed E-state index contributed by atoms with van der Waals surface area (Å²) in [5, 5.41) is 2.83. The van der Waals surface area contributed by atoms with Gasteiger partial charge in [-0.3, -0.25) is 4.79 Å². The third-order valence-corrected chi connectivity index (χ3v) is 2.94. The predicted octanol–water partition coefficient (Wildman–Crippen LogP) is 1.17. The maximum Gasteiger partial charge on any atom is 0.242 e. The average molecular weight is 270 g/mol. The van der Waals surface area contributed by atoms with Gasteiger partial charge in [-0.1, -0.05) is 6.07 Å². The maximum atomic E-state index is 11.5. The highest BCUT2D eigenvalue weighted by molar-refractivity contribution is 9.10. The normalized spacial score (nSPS) is 21.3. The van der Waals surface area contributed by atoms with Crippen molar-refractivity contribution in [2.75, 3.05) is 18.0 Å². The van der Waals surface area contributed by atoms with Crippen LogP contribution in [0.25, 0.3) is 0 Å². The Bertz CT molecular complexity index is 383. The van der Waals surface area contributed by atoms with Crippen molar-refractivity contribution in [3.63, 3.8) is 0 Å². The number of piperazine rings is 1. The number of halogens is 1. The van der Waals surface area contributed by atoms with Crippen molar-refractivity contribution < 1.29 is 4.79 Å². The van der Waals surface area contributed by atoms with Crippen LogP contribution in [0.3, 0.4) is 0 Å². The Morgan fingerprint density at radius 1 is 1.60 bits per heavy atom. The third-order valence-electron chi connectivity index (χ3n) is 2.49. The highest BCUT2D eigenvalue weighted by atomic mass is 79.9. The molecule has 15 heavy (non-hydrogen) atoms. The van der Waals surface area contributed by atoms with Crippen LogP contribution < -0.4 is 10.2 Å². The molecular formula is C10H12BrN3O. The molecule has 1 aromatic rings. The Balaban J connectivity index is 2.26. The van der Waals surface area contributed by atoms with Crippen molar-refractivity contribution in [2.24, 2.45) is 0 Å². The molecule has 0 aliphatic carbocycles. The molecule has 0 saturated carbocycles. The van der Waals surface area contributed by atoms with Crippen molar-refractivity contribution in [1.82, 2.24) is 10.3 Å². The fourth-order valence-electron chi connectivity index (χ4n) is 1.65. The molecule has 2 rings (SSSR count). The van der Waals surface area contributed by atoms with Crippen LogP contribution >= 0.6 is 15.9 Å². The minimum absolute atomic E-state index is 0.0584. The van der Waals surface area contributed by atoms with Crippen LogP contribution in [-0.4, -0.2) is 30.0 Å². The van der Waals surface area contributed by atoms with Gasteiger partial charge in [-0.15, -0.1) is 0 Å². The van der Waals surface area contributed by atoms with E-state index in [1.54, 1.807) is 0 Å². The zero-order valence-corrected chi connectivity index (χ0v) is 9.99. The molecule has 0 spiro atoms. The van der Waals surface area contributed by atoms with E-state index in [0.29, 0.717) is 6.54 Å². The Hall–Kier alpha value is -1.10. The van der Waals surface area contributed by atoms with E-state index >= 15 is 0 Å². The largest absolute Gasteiger partial charge is 0.353 e. The van der Waals surface area contributed by atoms with Crippen LogP contribution in [0.2, 0.25) is 0 Å². The van der Waals surface area contributed by atoms with E-state index in [-0.39, 0.29) is 11.9 Å². The van der Waals surface area contributed by atoms with Gasteiger partial charge in [0.25, 0.3) is 0 Å². The van der Waals surface area contributed by atoms with Gasteiger partial charge in [0.05, 0.1) is 0 Å². The highest BCUT2D eigenvalue weighted by Gasteiger charge is 2.26. The molecule has 1 atom stereocenters. The van der Waals surface area contributed by atoms with Gasteiger partial charge in [0.15, 0.2) is 0 Å². The lowest BCUT2D eigenvalue weighted by molar-refractivity contribution is -0.122. The van der Waals surface area contributed by atoms with Crippen LogP contribution in [0, 0.1) is 0 Å². The van der Waals surface area contributed by atoms with E-state index in [1.807, 2.05) is 30.0 Å². The molecular weight excluding hydrogens is 258 g/mol. The van der Waals surface area contributed by atoms with Crippen LogP contribution in [0.4, 0.5) is 5.82 Å². The molecule has 1 fully saturated rings. The Labute approximate surface area is 96.8 Å². The van der Waals surface area contributed by atoms with Gasteiger partial charge in [0.2, 0.25) is 5.91 Å². The van der Waals surface area contributed by atoms with Gasteiger partial charge in [-0.05, 0) is 35.0 Å². The predicted molar refractivity (Wildman–Crippen MR) is 61.8 cm³/mol. The number of rotatable bonds is 1. The van der Waals surface area contributed by atoms with Gasteiger partial charge in [-0.2, -0.15) is 0 Å². The fraction of sp³-hybridized carbons (Fsp3) is 0.400. The van der Waals surface area contributed by atoms with E-state index in [2.05, 4.69) is 26.2 Å². The Morgan fingerprint density at radius 2 is 2.40 bits per heavy atom. The lowest BCUT2D eigenvalue weighted by Crippen LogP contribution is -2.54. The number of aromatic nitrogens is 1. The number of nitrogens with zero attached hydrogens (tertiary/aromatic N) is 2. The summed E-state index contributed by atoms with van der Waals surface area (Å²) in [7, 11) is 0. The van der Waals surface area contributed by atoms with E-state index < -0.39 is 0 Å². The third kappa shape index (κ3) is 2.12. The second kappa shape index (κ2) is 4.18. The Kier molecular flexibility index (Phi) is 2.90. The summed E-state index contributed by atoms with van der Waals surface area (Å²) in [6, 6.07) is 5.56. The summed E-state index contributed by atoms with van der Waals surface area (Å²) in [5.41, 5.74) is 0. The molecule has 1 N–H and O–H groups in total. The molecule has 1 amide bonds. The first-order valence-corrected chi connectivity index (χ1v) is 5.64. The molecule has 2 heterocycles. The summed E-state index contributed by atoms with van der Waals surface area (Å²) in [6.45, 7) is 3.37. The molecule has 5 heteroatoms. The highest BCUT2D eigenvalue weighted by Crippen LogP contribution is 2.18. The monoisotopic (exact) mass is 269 g/mol. The van der Waals surface area contributed by atoms with E-state index in [4.69, 9.17) is 0 Å². The summed E-state index contributed by atoms with van der Waals surface area (Å²) in [4.78, 5) is 17.8. The van der Waals surface area contributed by atoms with Crippen LogP contribution in [0.5, 0.6) is 0 Å². The number of hydrogen-bond acceptors (Lipinski definition) is 3. The maximum absolute atomic E-state index is 11.5. The Morgan fingerprint density at radius 3 is 3.13 bits per heavy atom. The molecule has 0 bridgehead atoms. The summed E-state index contributed by atoms with van der Waals surface area (Å²) in [5.74, 6) is 0.898. The van der Waals surface area contributed by atoms with Crippen LogP contribution in [0.15, 0.2) is 22.8 Å². The number of nitrogens with one attached hydrogen (secondary N) is 1. The van der Waals surface area contributed by atoms with Gasteiger partial charge in [0, 0.05) is 13.1 Å². The number of hydrogen-bond donors (Lipinski definition) is 1. The van der Waals surface area contributed by atoms with Crippen LogP contribution in [0.1, 0.15) is 6.92 Å². The fourth-order valence-corrected chi connectivity index (χ4v) is 1.99. The standard InChI is InChI=1S/C10H12BrN3O/c1-7-10(15)12-5-6-14(7)9-4-2-3-8(11)13-9/h2-4,7H,5-6H2,1H3,(H,12,15).